The number of hydrogen-bond donors (Lipinski definition) is 2. The lowest BCUT2D eigenvalue weighted by Crippen LogP contribution is -2.21. The van der Waals surface area contributed by atoms with Gasteiger partial charge >= 0.3 is 0 Å². The summed E-state index contributed by atoms with van der Waals surface area (Å²) in [5, 5.41) is 0. The summed E-state index contributed by atoms with van der Waals surface area (Å²) >= 11 is 3.39. The summed E-state index contributed by atoms with van der Waals surface area (Å²) in [6.45, 7) is 0.661. The summed E-state index contributed by atoms with van der Waals surface area (Å²) < 4.78 is 0.961. The monoisotopic (exact) mass is 266 g/mol. The number of nitrogens with zero attached hydrogens (tertiary/aromatic N) is 2. The number of halogens is 1. The molecule has 2 heterocycles. The first-order chi connectivity index (χ1) is 7.23. The molecule has 0 aliphatic heterocycles. The number of hydrogen-bond acceptors (Lipinski definition) is 3. The van der Waals surface area contributed by atoms with Gasteiger partial charge in [0.15, 0.2) is 5.65 Å². The lowest BCUT2D eigenvalue weighted by molar-refractivity contribution is 0.661. The molecule has 2 aromatic heterocycles. The summed E-state index contributed by atoms with van der Waals surface area (Å²) in [4.78, 5) is 12.0. The maximum atomic E-state index is 5.76. The van der Waals surface area contributed by atoms with E-state index in [1.54, 1.807) is 6.20 Å². The van der Waals surface area contributed by atoms with E-state index in [1.165, 1.54) is 0 Å². The van der Waals surface area contributed by atoms with Gasteiger partial charge in [-0.05, 0) is 34.8 Å². The molecule has 4 nitrogen and oxygen atoms in total. The molecule has 0 spiro atoms. The summed E-state index contributed by atoms with van der Waals surface area (Å²) in [5.74, 6) is 0.991. The zero-order chi connectivity index (χ0) is 10.5. The van der Waals surface area contributed by atoms with Crippen LogP contribution in [0, 0.1) is 0 Å². The van der Waals surface area contributed by atoms with E-state index >= 15 is 0 Å². The summed E-state index contributed by atoms with van der Waals surface area (Å²) in [6.07, 6.45) is 4.02. The van der Waals surface area contributed by atoms with Crippen LogP contribution >= 0.6 is 15.9 Å². The van der Waals surface area contributed by atoms with Crippen molar-refractivity contribution in [2.75, 3.05) is 6.54 Å². The molecule has 0 atom stereocenters. The van der Waals surface area contributed by atoms with Crippen molar-refractivity contribution in [2.24, 2.45) is 5.73 Å². The average molecular weight is 267 g/mol. The van der Waals surface area contributed by atoms with Crippen molar-refractivity contribution in [3.8, 4) is 0 Å². The number of rotatable bonds is 2. The largest absolute Gasteiger partial charge is 0.340 e. The Kier molecular flexibility index (Phi) is 1.87. The predicted octanol–water partition coefficient (Wildman–Crippen LogP) is 1.71. The Labute approximate surface area is 95.4 Å². The molecule has 15 heavy (non-hydrogen) atoms. The molecule has 1 saturated carbocycles. The minimum atomic E-state index is 0.104. The van der Waals surface area contributed by atoms with Gasteiger partial charge in [-0.25, -0.2) is 9.97 Å². The van der Waals surface area contributed by atoms with E-state index < -0.39 is 0 Å². The third kappa shape index (κ3) is 1.38. The second-order valence-electron chi connectivity index (χ2n) is 4.09. The van der Waals surface area contributed by atoms with E-state index in [0.29, 0.717) is 6.54 Å². The Morgan fingerprint density at radius 2 is 2.33 bits per heavy atom. The van der Waals surface area contributed by atoms with Crippen LogP contribution in [0.2, 0.25) is 0 Å². The maximum absolute atomic E-state index is 5.76. The first-order valence-corrected chi connectivity index (χ1v) is 5.75. The van der Waals surface area contributed by atoms with Crippen LogP contribution in [0.15, 0.2) is 16.7 Å². The summed E-state index contributed by atoms with van der Waals surface area (Å²) in [6, 6.07) is 1.99. The highest BCUT2D eigenvalue weighted by Crippen LogP contribution is 2.46. The first kappa shape index (κ1) is 9.30. The number of imidazole rings is 1. The van der Waals surface area contributed by atoms with Gasteiger partial charge in [-0.15, -0.1) is 0 Å². The van der Waals surface area contributed by atoms with E-state index in [-0.39, 0.29) is 5.41 Å². The fourth-order valence-electron chi connectivity index (χ4n) is 1.81. The quantitative estimate of drug-likeness (QED) is 0.870. The molecule has 1 aliphatic carbocycles. The van der Waals surface area contributed by atoms with Crippen molar-refractivity contribution < 1.29 is 0 Å². The number of nitrogens with two attached hydrogens (primary N) is 1. The fraction of sp³-hybridized carbons (Fsp3) is 0.400. The van der Waals surface area contributed by atoms with Crippen molar-refractivity contribution in [1.29, 1.82) is 0 Å². The molecule has 3 N–H and O–H groups in total. The Morgan fingerprint density at radius 1 is 1.53 bits per heavy atom. The zero-order valence-electron chi connectivity index (χ0n) is 8.13. The number of pyridine rings is 1. The predicted molar refractivity (Wildman–Crippen MR) is 61.6 cm³/mol. The Bertz CT molecular complexity index is 515. The molecule has 0 radical (unpaired) electrons. The van der Waals surface area contributed by atoms with E-state index in [1.807, 2.05) is 6.07 Å². The van der Waals surface area contributed by atoms with Gasteiger partial charge in [-0.1, -0.05) is 0 Å². The molecule has 3 rings (SSSR count). The molecule has 0 aromatic carbocycles. The molecule has 0 amide bonds. The number of nitrogens with one attached hydrogen (secondary N) is 1. The van der Waals surface area contributed by atoms with Crippen molar-refractivity contribution in [2.45, 2.75) is 18.3 Å². The number of fused-ring (bicyclic) bond motifs is 1. The Hall–Kier alpha value is -0.940. The van der Waals surface area contributed by atoms with E-state index in [0.717, 1.165) is 34.3 Å². The van der Waals surface area contributed by atoms with E-state index in [9.17, 15) is 0 Å². The van der Waals surface area contributed by atoms with Crippen LogP contribution in [0.1, 0.15) is 18.7 Å². The molecule has 78 valence electrons. The van der Waals surface area contributed by atoms with Crippen LogP contribution in [0.25, 0.3) is 11.2 Å². The van der Waals surface area contributed by atoms with Gasteiger partial charge in [0.25, 0.3) is 0 Å². The van der Waals surface area contributed by atoms with Crippen LogP contribution in [0.5, 0.6) is 0 Å². The van der Waals surface area contributed by atoms with Crippen LogP contribution in [0.4, 0.5) is 0 Å². The SMILES string of the molecule is NCC1(c2nc3ncc(Br)cc3[nH]2)CC1. The van der Waals surface area contributed by atoms with Gasteiger partial charge in [0.2, 0.25) is 0 Å². The molecular weight excluding hydrogens is 256 g/mol. The normalized spacial score (nSPS) is 18.3. The molecule has 2 aromatic rings. The van der Waals surface area contributed by atoms with E-state index in [2.05, 4.69) is 30.9 Å². The van der Waals surface area contributed by atoms with Crippen molar-refractivity contribution in [1.82, 2.24) is 15.0 Å². The van der Waals surface area contributed by atoms with Crippen molar-refractivity contribution in [3.05, 3.63) is 22.6 Å². The average Bonchev–Trinajstić information content (AvgIpc) is 2.93. The molecular formula is C10H11BrN4. The van der Waals surface area contributed by atoms with E-state index in [4.69, 9.17) is 5.73 Å². The van der Waals surface area contributed by atoms with Crippen molar-refractivity contribution >= 4 is 27.1 Å². The maximum Gasteiger partial charge on any atom is 0.177 e. The Morgan fingerprint density at radius 3 is 3.00 bits per heavy atom. The molecule has 5 heteroatoms. The topological polar surface area (TPSA) is 67.6 Å². The highest BCUT2D eigenvalue weighted by Gasteiger charge is 2.45. The highest BCUT2D eigenvalue weighted by atomic mass is 79.9. The summed E-state index contributed by atoms with van der Waals surface area (Å²) in [5.41, 5.74) is 7.61. The minimum absolute atomic E-state index is 0.104. The minimum Gasteiger partial charge on any atom is -0.340 e. The first-order valence-electron chi connectivity index (χ1n) is 4.95. The highest BCUT2D eigenvalue weighted by molar-refractivity contribution is 9.10. The third-order valence-corrected chi connectivity index (χ3v) is 3.48. The van der Waals surface area contributed by atoms with Gasteiger partial charge in [0.1, 0.15) is 5.82 Å². The number of H-pyrrole nitrogens is 1. The van der Waals surface area contributed by atoms with Gasteiger partial charge < -0.3 is 10.7 Å². The van der Waals surface area contributed by atoms with Gasteiger partial charge in [0, 0.05) is 22.6 Å². The van der Waals surface area contributed by atoms with Crippen LogP contribution in [-0.4, -0.2) is 21.5 Å². The summed E-state index contributed by atoms with van der Waals surface area (Å²) in [7, 11) is 0. The lowest BCUT2D eigenvalue weighted by atomic mass is 10.1. The fourth-order valence-corrected chi connectivity index (χ4v) is 2.15. The molecule has 0 unspecified atom stereocenters. The molecule has 0 saturated heterocycles. The smallest absolute Gasteiger partial charge is 0.177 e. The van der Waals surface area contributed by atoms with Crippen LogP contribution in [0.3, 0.4) is 0 Å². The van der Waals surface area contributed by atoms with Crippen LogP contribution in [-0.2, 0) is 5.41 Å². The van der Waals surface area contributed by atoms with Crippen molar-refractivity contribution in [3.63, 3.8) is 0 Å². The van der Waals surface area contributed by atoms with Crippen LogP contribution < -0.4 is 5.73 Å². The third-order valence-electron chi connectivity index (χ3n) is 3.05. The number of aromatic nitrogens is 3. The number of aromatic amines is 1. The zero-order valence-corrected chi connectivity index (χ0v) is 9.71. The van der Waals surface area contributed by atoms with Gasteiger partial charge in [0.05, 0.1) is 5.52 Å². The second kappa shape index (κ2) is 3.02. The molecule has 1 aliphatic rings. The standard InChI is InChI=1S/C10H11BrN4/c11-6-3-7-8(13-4-6)15-9(14-7)10(5-12)1-2-10/h3-4H,1-2,5,12H2,(H,13,14,15). The molecule has 1 fully saturated rings. The van der Waals surface area contributed by atoms with Gasteiger partial charge in [-0.2, -0.15) is 0 Å². The second-order valence-corrected chi connectivity index (χ2v) is 5.01. The Balaban J connectivity index is 2.14. The molecule has 0 bridgehead atoms. The van der Waals surface area contributed by atoms with Gasteiger partial charge in [-0.3, -0.25) is 0 Å². The lowest BCUT2D eigenvalue weighted by Gasteiger charge is -2.06.